The summed E-state index contributed by atoms with van der Waals surface area (Å²) in [5.41, 5.74) is 3.91. The van der Waals surface area contributed by atoms with E-state index in [1.54, 1.807) is 16.0 Å². The molecule has 1 saturated heterocycles. The highest BCUT2D eigenvalue weighted by atomic mass is 16.5. The zero-order chi connectivity index (χ0) is 34.3. The Morgan fingerprint density at radius 1 is 0.540 bits per heavy atom. The third-order valence-electron chi connectivity index (χ3n) is 9.26. The van der Waals surface area contributed by atoms with Crippen molar-refractivity contribution in [2.45, 2.75) is 25.2 Å². The van der Waals surface area contributed by atoms with Gasteiger partial charge in [-0.3, -0.25) is 14.4 Å². The van der Waals surface area contributed by atoms with Crippen LogP contribution in [0.25, 0.3) is 0 Å². The van der Waals surface area contributed by atoms with Gasteiger partial charge >= 0.3 is 11.8 Å². The van der Waals surface area contributed by atoms with Crippen molar-refractivity contribution in [1.82, 2.24) is 14.4 Å². The number of hydrogen-bond donors (Lipinski definition) is 0. The fourth-order valence-corrected chi connectivity index (χ4v) is 6.85. The summed E-state index contributed by atoms with van der Waals surface area (Å²) < 4.78 is 7.92. The number of pyridine rings is 1. The van der Waals surface area contributed by atoms with Gasteiger partial charge in [-0.2, -0.15) is 0 Å². The Kier molecular flexibility index (Phi) is 9.38. The van der Waals surface area contributed by atoms with E-state index in [0.717, 1.165) is 27.8 Å². The second-order valence-electron chi connectivity index (χ2n) is 12.4. The second kappa shape index (κ2) is 14.5. The van der Waals surface area contributed by atoms with Crippen LogP contribution in [0, 0.1) is 0 Å². The number of piperazine rings is 1. The number of nitrogens with zero attached hydrogens (tertiary/aromatic N) is 3. The van der Waals surface area contributed by atoms with Gasteiger partial charge in [0.25, 0.3) is 0 Å². The maximum atomic E-state index is 14.5. The van der Waals surface area contributed by atoms with Crippen molar-refractivity contribution in [2.24, 2.45) is 0 Å². The smallest absolute Gasteiger partial charge is 0.313 e. The van der Waals surface area contributed by atoms with Crippen molar-refractivity contribution in [3.8, 4) is 5.75 Å². The molecule has 1 aliphatic heterocycles. The number of amides is 2. The molecule has 7 nitrogen and oxygen atoms in total. The summed E-state index contributed by atoms with van der Waals surface area (Å²) in [6.07, 6.45) is 1.71. The molecule has 2 amide bonds. The van der Waals surface area contributed by atoms with Crippen LogP contribution in [-0.4, -0.2) is 39.3 Å². The molecule has 0 N–H and O–H groups in total. The van der Waals surface area contributed by atoms with Crippen LogP contribution < -0.4 is 10.2 Å². The van der Waals surface area contributed by atoms with E-state index in [9.17, 15) is 14.4 Å². The molecular formula is C43H37N3O4. The summed E-state index contributed by atoms with van der Waals surface area (Å²) in [6.45, 7) is 1.37. The summed E-state index contributed by atoms with van der Waals surface area (Å²) in [7, 11) is 0. The van der Waals surface area contributed by atoms with Crippen molar-refractivity contribution >= 4 is 11.8 Å². The number of ether oxygens (including phenoxy) is 1. The van der Waals surface area contributed by atoms with Gasteiger partial charge in [-0.1, -0.05) is 152 Å². The molecule has 0 bridgehead atoms. The molecule has 5 aromatic carbocycles. The first kappa shape index (κ1) is 32.3. The first-order valence-electron chi connectivity index (χ1n) is 16.8. The SMILES string of the molecule is O=C1C(=O)N(C(c2ccccc2)(c2ccccc2)c2ccccc2)CCN1Cc1cc(=O)c(OCc2ccccc2)cn1Cc1ccccc1. The first-order valence-corrected chi connectivity index (χ1v) is 16.8. The third-order valence-corrected chi connectivity index (χ3v) is 9.26. The van der Waals surface area contributed by atoms with Crippen molar-refractivity contribution in [3.05, 3.63) is 208 Å². The van der Waals surface area contributed by atoms with E-state index in [2.05, 4.69) is 0 Å². The molecule has 7 heteroatoms. The van der Waals surface area contributed by atoms with Gasteiger partial charge in [0.15, 0.2) is 5.75 Å². The highest BCUT2D eigenvalue weighted by Crippen LogP contribution is 2.43. The average Bonchev–Trinajstić information content (AvgIpc) is 3.17. The van der Waals surface area contributed by atoms with Gasteiger partial charge in [0.2, 0.25) is 5.43 Å². The molecule has 1 fully saturated rings. The van der Waals surface area contributed by atoms with Crippen LogP contribution >= 0.6 is 0 Å². The second-order valence-corrected chi connectivity index (χ2v) is 12.4. The number of benzene rings is 5. The van der Waals surface area contributed by atoms with E-state index >= 15 is 0 Å². The lowest BCUT2D eigenvalue weighted by molar-refractivity contribution is -0.159. The number of hydrogen-bond acceptors (Lipinski definition) is 4. The maximum Gasteiger partial charge on any atom is 0.313 e. The van der Waals surface area contributed by atoms with E-state index in [4.69, 9.17) is 4.74 Å². The molecule has 0 unspecified atom stereocenters. The molecule has 2 heterocycles. The minimum Gasteiger partial charge on any atom is -0.483 e. The predicted octanol–water partition coefficient (Wildman–Crippen LogP) is 6.64. The highest BCUT2D eigenvalue weighted by Gasteiger charge is 2.49. The van der Waals surface area contributed by atoms with Gasteiger partial charge in [-0.05, 0) is 27.8 Å². The van der Waals surface area contributed by atoms with Gasteiger partial charge in [0.1, 0.15) is 12.1 Å². The zero-order valence-electron chi connectivity index (χ0n) is 27.6. The summed E-state index contributed by atoms with van der Waals surface area (Å²) in [5.74, 6) is -1.00. The van der Waals surface area contributed by atoms with E-state index in [1.165, 1.54) is 6.07 Å². The van der Waals surface area contributed by atoms with E-state index in [0.29, 0.717) is 12.2 Å². The molecule has 7 rings (SSSR count). The Balaban J connectivity index is 1.23. The number of carbonyl (C=O) groups excluding carboxylic acids is 2. The molecule has 6 aromatic rings. The van der Waals surface area contributed by atoms with E-state index < -0.39 is 17.4 Å². The third kappa shape index (κ3) is 6.45. The van der Waals surface area contributed by atoms with Gasteiger partial charge in [-0.15, -0.1) is 0 Å². The maximum absolute atomic E-state index is 14.5. The highest BCUT2D eigenvalue weighted by molar-refractivity contribution is 6.35. The predicted molar refractivity (Wildman–Crippen MR) is 193 cm³/mol. The Morgan fingerprint density at radius 2 is 1.02 bits per heavy atom. The average molecular weight is 660 g/mol. The molecule has 1 aromatic heterocycles. The number of aromatic nitrogens is 1. The van der Waals surface area contributed by atoms with Crippen LogP contribution in [0.4, 0.5) is 0 Å². The Hall–Kier alpha value is -6.21. The van der Waals surface area contributed by atoms with Crippen LogP contribution in [0.3, 0.4) is 0 Å². The van der Waals surface area contributed by atoms with Crippen molar-refractivity contribution < 1.29 is 14.3 Å². The molecule has 248 valence electrons. The lowest BCUT2D eigenvalue weighted by Crippen LogP contribution is -2.61. The lowest BCUT2D eigenvalue weighted by Gasteiger charge is -2.48. The Labute approximate surface area is 291 Å². The normalized spacial score (nSPS) is 13.4. The molecule has 50 heavy (non-hydrogen) atoms. The Bertz CT molecular complexity index is 2020. The molecule has 1 aliphatic rings. The topological polar surface area (TPSA) is 71.8 Å². The largest absolute Gasteiger partial charge is 0.483 e. The number of carbonyl (C=O) groups is 2. The minimum atomic E-state index is -1.05. The monoisotopic (exact) mass is 659 g/mol. The van der Waals surface area contributed by atoms with Crippen molar-refractivity contribution in [1.29, 1.82) is 0 Å². The van der Waals surface area contributed by atoms with Gasteiger partial charge in [0.05, 0.1) is 12.7 Å². The number of rotatable bonds is 11. The quantitative estimate of drug-likeness (QED) is 0.116. The van der Waals surface area contributed by atoms with Crippen LogP contribution in [-0.2, 0) is 34.8 Å². The van der Waals surface area contributed by atoms with Crippen LogP contribution in [0.2, 0.25) is 0 Å². The minimum absolute atomic E-state index is 0.0917. The first-order chi connectivity index (χ1) is 24.5. The molecule has 0 radical (unpaired) electrons. The molecular weight excluding hydrogens is 622 g/mol. The Morgan fingerprint density at radius 3 is 1.54 bits per heavy atom. The van der Waals surface area contributed by atoms with Crippen LogP contribution in [0.5, 0.6) is 5.75 Å². The summed E-state index contributed by atoms with van der Waals surface area (Å²) >= 11 is 0. The fourth-order valence-electron chi connectivity index (χ4n) is 6.85. The van der Waals surface area contributed by atoms with Crippen LogP contribution in [0.15, 0.2) is 169 Å². The molecule has 0 saturated carbocycles. The summed E-state index contributed by atoms with van der Waals surface area (Å²) in [5, 5.41) is 0. The lowest BCUT2D eigenvalue weighted by atomic mass is 9.75. The van der Waals surface area contributed by atoms with Gasteiger partial charge in [-0.25, -0.2) is 0 Å². The van der Waals surface area contributed by atoms with E-state index in [-0.39, 0.29) is 37.4 Å². The molecule has 0 aliphatic carbocycles. The van der Waals surface area contributed by atoms with Gasteiger partial charge < -0.3 is 19.1 Å². The zero-order valence-corrected chi connectivity index (χ0v) is 27.6. The van der Waals surface area contributed by atoms with Crippen LogP contribution in [0.1, 0.15) is 33.5 Å². The van der Waals surface area contributed by atoms with Gasteiger partial charge in [0, 0.05) is 31.4 Å². The van der Waals surface area contributed by atoms with Crippen molar-refractivity contribution in [2.75, 3.05) is 13.1 Å². The summed E-state index contributed by atoms with van der Waals surface area (Å²) in [4.78, 5) is 45.3. The fraction of sp³-hybridized carbons (Fsp3) is 0.140. The molecule has 0 spiro atoms. The molecule has 0 atom stereocenters. The van der Waals surface area contributed by atoms with E-state index in [1.807, 2.05) is 156 Å². The summed E-state index contributed by atoms with van der Waals surface area (Å²) in [6, 6.07) is 50.7. The standard InChI is InChI=1S/C43H37N3O4/c47-39-28-38(45(29-33-16-6-1-7-17-33)31-40(39)50-32-34-18-8-2-9-19-34)30-44-26-27-46(42(49)41(44)48)43(35-20-10-3-11-21-35,36-22-12-4-13-23-36)37-24-14-5-15-25-37/h1-25,28,31H,26-27,29-30,32H2. The van der Waals surface area contributed by atoms with Crippen molar-refractivity contribution in [3.63, 3.8) is 0 Å².